The van der Waals surface area contributed by atoms with E-state index in [1.54, 1.807) is 16.9 Å². The van der Waals surface area contributed by atoms with E-state index in [0.717, 1.165) is 39.2 Å². The Labute approximate surface area is 183 Å². The average molecular weight is 425 g/mol. The average Bonchev–Trinajstić information content (AvgIpc) is 3.49. The number of hydrogen-bond donors (Lipinski definition) is 2. The van der Waals surface area contributed by atoms with Crippen LogP contribution in [0.5, 0.6) is 0 Å². The molecule has 0 amide bonds. The number of aromatic amines is 2. The van der Waals surface area contributed by atoms with Crippen molar-refractivity contribution in [1.82, 2.24) is 29.9 Å². The van der Waals surface area contributed by atoms with Gasteiger partial charge in [-0.05, 0) is 37.3 Å². The van der Waals surface area contributed by atoms with E-state index in [9.17, 15) is 4.39 Å². The maximum atomic E-state index is 13.8. The summed E-state index contributed by atoms with van der Waals surface area (Å²) in [5.41, 5.74) is 7.80. The van der Waals surface area contributed by atoms with Crippen LogP contribution in [0.2, 0.25) is 0 Å². The van der Waals surface area contributed by atoms with Crippen molar-refractivity contribution < 1.29 is 4.39 Å². The Bertz CT molecular complexity index is 1490. The molecule has 32 heavy (non-hydrogen) atoms. The molecule has 4 aromatic heterocycles. The molecular weight excluding hydrogens is 405 g/mol. The van der Waals surface area contributed by atoms with Crippen molar-refractivity contribution in [1.29, 1.82) is 0 Å². The molecule has 0 aliphatic heterocycles. The fourth-order valence-corrected chi connectivity index (χ4v) is 3.76. The molecule has 158 valence electrons. The Morgan fingerprint density at radius 3 is 2.84 bits per heavy atom. The van der Waals surface area contributed by atoms with Gasteiger partial charge in [0.1, 0.15) is 17.0 Å². The first kappa shape index (κ1) is 19.6. The zero-order valence-corrected chi connectivity index (χ0v) is 17.6. The van der Waals surface area contributed by atoms with Crippen molar-refractivity contribution in [2.24, 2.45) is 12.0 Å². The van der Waals surface area contributed by atoms with E-state index in [1.165, 1.54) is 18.3 Å². The van der Waals surface area contributed by atoms with E-state index < -0.39 is 0 Å². The minimum Gasteiger partial charge on any atom is -0.357 e. The van der Waals surface area contributed by atoms with Gasteiger partial charge < -0.3 is 4.98 Å². The van der Waals surface area contributed by atoms with E-state index in [-0.39, 0.29) is 5.82 Å². The number of hydrogen-bond acceptors (Lipinski definition) is 4. The van der Waals surface area contributed by atoms with Gasteiger partial charge in [-0.25, -0.2) is 9.37 Å². The van der Waals surface area contributed by atoms with Crippen LogP contribution in [0.15, 0.2) is 72.6 Å². The van der Waals surface area contributed by atoms with E-state index in [1.807, 2.05) is 44.4 Å². The van der Waals surface area contributed by atoms with Gasteiger partial charge in [-0.3, -0.25) is 14.8 Å². The first-order chi connectivity index (χ1) is 15.5. The normalized spacial score (nSPS) is 11.9. The summed E-state index contributed by atoms with van der Waals surface area (Å²) < 4.78 is 15.6. The molecule has 0 radical (unpaired) electrons. The number of benzene rings is 1. The van der Waals surface area contributed by atoms with E-state index in [2.05, 4.69) is 31.9 Å². The number of pyridine rings is 1. The van der Waals surface area contributed by atoms with Crippen molar-refractivity contribution in [2.45, 2.75) is 6.92 Å². The van der Waals surface area contributed by atoms with Crippen LogP contribution in [0.25, 0.3) is 33.7 Å². The third kappa shape index (κ3) is 3.41. The number of aryl methyl sites for hydroxylation is 2. The van der Waals surface area contributed by atoms with Crippen molar-refractivity contribution in [3.05, 3.63) is 90.3 Å². The summed E-state index contributed by atoms with van der Waals surface area (Å²) in [6, 6.07) is 12.2. The second-order valence-electron chi connectivity index (χ2n) is 7.46. The van der Waals surface area contributed by atoms with Gasteiger partial charge in [-0.2, -0.15) is 10.2 Å². The largest absolute Gasteiger partial charge is 0.357 e. The Morgan fingerprint density at radius 1 is 1.22 bits per heavy atom. The SMILES string of the molecule is C=CN=C(c1cccc(F)c1)c1cc(-c2n[nH]c3ccc(-c4cnn(C)c4)nc23)[nH]c1C. The highest BCUT2D eigenvalue weighted by Crippen LogP contribution is 2.29. The first-order valence-electron chi connectivity index (χ1n) is 10.0. The van der Waals surface area contributed by atoms with E-state index in [0.29, 0.717) is 17.0 Å². The minimum atomic E-state index is -0.321. The summed E-state index contributed by atoms with van der Waals surface area (Å²) in [4.78, 5) is 12.6. The predicted molar refractivity (Wildman–Crippen MR) is 123 cm³/mol. The lowest BCUT2D eigenvalue weighted by molar-refractivity contribution is 0.627. The van der Waals surface area contributed by atoms with Crippen LogP contribution >= 0.6 is 0 Å². The van der Waals surface area contributed by atoms with Crippen molar-refractivity contribution in [3.8, 4) is 22.6 Å². The Balaban J connectivity index is 1.61. The molecule has 5 aromatic rings. The van der Waals surface area contributed by atoms with Crippen LogP contribution in [0, 0.1) is 12.7 Å². The van der Waals surface area contributed by atoms with Crippen LogP contribution < -0.4 is 0 Å². The lowest BCUT2D eigenvalue weighted by Crippen LogP contribution is -2.04. The summed E-state index contributed by atoms with van der Waals surface area (Å²) in [6.07, 6.45) is 5.15. The summed E-state index contributed by atoms with van der Waals surface area (Å²) in [6.45, 7) is 5.66. The molecule has 0 aliphatic rings. The van der Waals surface area contributed by atoms with E-state index >= 15 is 0 Å². The highest BCUT2D eigenvalue weighted by molar-refractivity contribution is 6.14. The molecule has 8 heteroatoms. The summed E-state index contributed by atoms with van der Waals surface area (Å²) >= 11 is 0. The molecule has 5 rings (SSSR count). The molecule has 0 bridgehead atoms. The van der Waals surface area contributed by atoms with Gasteiger partial charge in [0.15, 0.2) is 0 Å². The van der Waals surface area contributed by atoms with Gasteiger partial charge in [0, 0.05) is 41.8 Å². The third-order valence-electron chi connectivity index (χ3n) is 5.25. The van der Waals surface area contributed by atoms with Gasteiger partial charge in [-0.15, -0.1) is 0 Å². The number of aromatic nitrogens is 6. The van der Waals surface area contributed by atoms with Gasteiger partial charge in [0.05, 0.1) is 28.8 Å². The molecule has 1 aromatic carbocycles. The number of nitrogens with zero attached hydrogens (tertiary/aromatic N) is 5. The summed E-state index contributed by atoms with van der Waals surface area (Å²) in [5, 5.41) is 11.8. The quantitative estimate of drug-likeness (QED) is 0.397. The second kappa shape index (κ2) is 7.73. The number of nitrogens with one attached hydrogen (secondary N) is 2. The summed E-state index contributed by atoms with van der Waals surface area (Å²) in [7, 11) is 1.87. The molecule has 0 aliphatic carbocycles. The molecule has 0 atom stereocenters. The molecule has 0 saturated carbocycles. The molecule has 0 fully saturated rings. The van der Waals surface area contributed by atoms with Crippen LogP contribution in [-0.4, -0.2) is 35.7 Å². The Kier molecular flexibility index (Phi) is 4.74. The van der Waals surface area contributed by atoms with Gasteiger partial charge >= 0.3 is 0 Å². The molecule has 4 heterocycles. The fraction of sp³-hybridized carbons (Fsp3) is 0.0833. The highest BCUT2D eigenvalue weighted by atomic mass is 19.1. The molecule has 0 unspecified atom stereocenters. The molecule has 2 N–H and O–H groups in total. The monoisotopic (exact) mass is 425 g/mol. The second-order valence-corrected chi connectivity index (χ2v) is 7.46. The van der Waals surface area contributed by atoms with Crippen LogP contribution in [0.4, 0.5) is 4.39 Å². The maximum absolute atomic E-state index is 13.8. The number of fused-ring (bicyclic) bond motifs is 1. The topological polar surface area (TPSA) is 87.5 Å². The van der Waals surface area contributed by atoms with Gasteiger partial charge in [0.25, 0.3) is 0 Å². The molecule has 0 spiro atoms. The molecular formula is C24H20FN7. The van der Waals surface area contributed by atoms with Gasteiger partial charge in [0.2, 0.25) is 0 Å². The zero-order valence-electron chi connectivity index (χ0n) is 17.6. The molecule has 7 nitrogen and oxygen atoms in total. The number of halogens is 1. The van der Waals surface area contributed by atoms with Crippen LogP contribution in [0.1, 0.15) is 16.8 Å². The lowest BCUT2D eigenvalue weighted by Gasteiger charge is -2.05. The van der Waals surface area contributed by atoms with Crippen molar-refractivity contribution in [2.75, 3.05) is 0 Å². The minimum absolute atomic E-state index is 0.321. The van der Waals surface area contributed by atoms with E-state index in [4.69, 9.17) is 4.98 Å². The fourth-order valence-electron chi connectivity index (χ4n) is 3.76. The van der Waals surface area contributed by atoms with Crippen LogP contribution in [0.3, 0.4) is 0 Å². The summed E-state index contributed by atoms with van der Waals surface area (Å²) in [5.74, 6) is -0.321. The highest BCUT2D eigenvalue weighted by Gasteiger charge is 2.18. The Hall–Kier alpha value is -4.33. The van der Waals surface area contributed by atoms with Gasteiger partial charge in [-0.1, -0.05) is 18.7 Å². The molecule has 0 saturated heterocycles. The Morgan fingerprint density at radius 2 is 2.09 bits per heavy atom. The first-order valence-corrected chi connectivity index (χ1v) is 10.0. The van der Waals surface area contributed by atoms with Crippen LogP contribution in [-0.2, 0) is 7.05 Å². The van der Waals surface area contributed by atoms with Crippen molar-refractivity contribution in [3.63, 3.8) is 0 Å². The lowest BCUT2D eigenvalue weighted by atomic mass is 10.0. The standard InChI is InChI=1S/C24H20FN7/c1-4-26-22(15-6-5-7-17(25)10-15)18-11-21(28-14(18)2)24-23-20(30-31-24)9-8-19(29-23)16-12-27-32(3)13-16/h4-13,28H,1H2,2-3H3,(H,30,31). The smallest absolute Gasteiger partial charge is 0.135 e. The zero-order chi connectivity index (χ0) is 22.2. The number of aliphatic imine (C=N–C) groups is 1. The maximum Gasteiger partial charge on any atom is 0.135 e. The third-order valence-corrected chi connectivity index (χ3v) is 5.25. The number of H-pyrrole nitrogens is 2. The number of rotatable bonds is 5. The predicted octanol–water partition coefficient (Wildman–Crippen LogP) is 4.78. The van der Waals surface area contributed by atoms with Crippen molar-refractivity contribution >= 4 is 16.7 Å².